The molecular formula is C10H16BNO3. The standard InChI is InChI=1S/C10H16BNO3/c1-3-12(4-2)9-5-7-10(8-6-9)15-11(13)14/h5-8,13-14H,3-4H2,1-2H3. The summed E-state index contributed by atoms with van der Waals surface area (Å²) in [5, 5.41) is 17.2. The van der Waals surface area contributed by atoms with Crippen LogP contribution in [0.5, 0.6) is 5.75 Å². The van der Waals surface area contributed by atoms with Crippen LogP contribution in [-0.2, 0) is 0 Å². The molecule has 0 heterocycles. The first kappa shape index (κ1) is 11.9. The van der Waals surface area contributed by atoms with E-state index in [1.165, 1.54) is 0 Å². The maximum atomic E-state index is 8.60. The average Bonchev–Trinajstić information content (AvgIpc) is 2.21. The Labute approximate surface area is 90.3 Å². The van der Waals surface area contributed by atoms with E-state index < -0.39 is 7.32 Å². The molecule has 0 aliphatic rings. The van der Waals surface area contributed by atoms with Crippen molar-refractivity contribution < 1.29 is 14.7 Å². The predicted molar refractivity (Wildman–Crippen MR) is 60.8 cm³/mol. The van der Waals surface area contributed by atoms with Crippen LogP contribution in [0.4, 0.5) is 5.69 Å². The molecule has 0 unspecified atom stereocenters. The van der Waals surface area contributed by atoms with Gasteiger partial charge < -0.3 is 19.6 Å². The van der Waals surface area contributed by atoms with E-state index >= 15 is 0 Å². The van der Waals surface area contributed by atoms with Crippen LogP contribution in [0.2, 0.25) is 0 Å². The Kier molecular flexibility index (Phi) is 4.46. The third-order valence-corrected chi connectivity index (χ3v) is 2.21. The lowest BCUT2D eigenvalue weighted by molar-refractivity contribution is 0.288. The van der Waals surface area contributed by atoms with Gasteiger partial charge in [-0.05, 0) is 38.1 Å². The molecule has 0 saturated heterocycles. The second kappa shape index (κ2) is 5.63. The van der Waals surface area contributed by atoms with Crippen LogP contribution in [0, 0.1) is 0 Å². The minimum atomic E-state index is -1.76. The molecule has 15 heavy (non-hydrogen) atoms. The zero-order chi connectivity index (χ0) is 11.3. The fourth-order valence-electron chi connectivity index (χ4n) is 1.45. The number of hydrogen-bond acceptors (Lipinski definition) is 4. The van der Waals surface area contributed by atoms with E-state index in [9.17, 15) is 0 Å². The molecular weight excluding hydrogens is 193 g/mol. The Morgan fingerprint density at radius 2 is 1.67 bits per heavy atom. The van der Waals surface area contributed by atoms with Crippen molar-refractivity contribution in [2.45, 2.75) is 13.8 Å². The van der Waals surface area contributed by atoms with Crippen molar-refractivity contribution in [2.75, 3.05) is 18.0 Å². The lowest BCUT2D eigenvalue weighted by Crippen LogP contribution is -2.22. The zero-order valence-corrected chi connectivity index (χ0v) is 9.05. The average molecular weight is 209 g/mol. The third kappa shape index (κ3) is 3.45. The minimum Gasteiger partial charge on any atom is -0.512 e. The first-order chi connectivity index (χ1) is 7.17. The van der Waals surface area contributed by atoms with Crippen LogP contribution < -0.4 is 9.55 Å². The van der Waals surface area contributed by atoms with Crippen molar-refractivity contribution in [3.8, 4) is 5.75 Å². The van der Waals surface area contributed by atoms with Gasteiger partial charge in [-0.3, -0.25) is 0 Å². The summed E-state index contributed by atoms with van der Waals surface area (Å²) in [4.78, 5) is 2.19. The number of anilines is 1. The monoisotopic (exact) mass is 209 g/mol. The van der Waals surface area contributed by atoms with Gasteiger partial charge in [-0.25, -0.2) is 0 Å². The van der Waals surface area contributed by atoms with E-state index in [1.807, 2.05) is 12.1 Å². The normalized spacial score (nSPS) is 9.87. The van der Waals surface area contributed by atoms with Gasteiger partial charge in [0.1, 0.15) is 5.75 Å². The molecule has 2 N–H and O–H groups in total. The van der Waals surface area contributed by atoms with Gasteiger partial charge in [0.15, 0.2) is 0 Å². The number of hydrogen-bond donors (Lipinski definition) is 2. The van der Waals surface area contributed by atoms with Crippen LogP contribution in [0.25, 0.3) is 0 Å². The Hall–Kier alpha value is -1.20. The van der Waals surface area contributed by atoms with E-state index in [0.29, 0.717) is 5.75 Å². The molecule has 0 atom stereocenters. The Bertz CT molecular complexity index is 285. The molecule has 0 amide bonds. The van der Waals surface area contributed by atoms with Gasteiger partial charge in [0.25, 0.3) is 0 Å². The van der Waals surface area contributed by atoms with Crippen molar-refractivity contribution >= 4 is 13.0 Å². The maximum absolute atomic E-state index is 8.60. The summed E-state index contributed by atoms with van der Waals surface area (Å²) in [5.74, 6) is 0.445. The van der Waals surface area contributed by atoms with Crippen LogP contribution in [0.3, 0.4) is 0 Å². The molecule has 82 valence electrons. The van der Waals surface area contributed by atoms with Gasteiger partial charge in [-0.15, -0.1) is 0 Å². The summed E-state index contributed by atoms with van der Waals surface area (Å²) < 4.78 is 4.71. The smallest absolute Gasteiger partial charge is 0.512 e. The predicted octanol–water partition coefficient (Wildman–Crippen LogP) is 0.881. The van der Waals surface area contributed by atoms with Crippen LogP contribution >= 0.6 is 0 Å². The molecule has 0 spiro atoms. The van der Waals surface area contributed by atoms with Gasteiger partial charge in [-0.2, -0.15) is 0 Å². The summed E-state index contributed by atoms with van der Waals surface area (Å²) in [7, 11) is -1.76. The highest BCUT2D eigenvalue weighted by molar-refractivity contribution is 6.33. The molecule has 0 bridgehead atoms. The van der Waals surface area contributed by atoms with E-state index in [-0.39, 0.29) is 0 Å². The molecule has 0 saturated carbocycles. The summed E-state index contributed by atoms with van der Waals surface area (Å²) in [6.07, 6.45) is 0. The molecule has 0 fully saturated rings. The minimum absolute atomic E-state index is 0.445. The van der Waals surface area contributed by atoms with Crippen molar-refractivity contribution in [3.05, 3.63) is 24.3 Å². The molecule has 1 aromatic carbocycles. The highest BCUT2D eigenvalue weighted by Gasteiger charge is 2.11. The first-order valence-corrected chi connectivity index (χ1v) is 5.05. The van der Waals surface area contributed by atoms with Crippen molar-refractivity contribution in [2.24, 2.45) is 0 Å². The largest absolute Gasteiger partial charge is 0.707 e. The van der Waals surface area contributed by atoms with E-state index in [4.69, 9.17) is 14.7 Å². The van der Waals surface area contributed by atoms with E-state index in [1.54, 1.807) is 12.1 Å². The van der Waals surface area contributed by atoms with Crippen LogP contribution in [0.1, 0.15) is 13.8 Å². The quantitative estimate of drug-likeness (QED) is 0.707. The Morgan fingerprint density at radius 3 is 2.07 bits per heavy atom. The maximum Gasteiger partial charge on any atom is 0.707 e. The summed E-state index contributed by atoms with van der Waals surface area (Å²) >= 11 is 0. The molecule has 1 rings (SSSR count). The topological polar surface area (TPSA) is 52.9 Å². The van der Waals surface area contributed by atoms with E-state index in [0.717, 1.165) is 18.8 Å². The third-order valence-electron chi connectivity index (χ3n) is 2.21. The van der Waals surface area contributed by atoms with Gasteiger partial charge in [0.2, 0.25) is 0 Å². The lowest BCUT2D eigenvalue weighted by Gasteiger charge is -2.21. The van der Waals surface area contributed by atoms with Crippen molar-refractivity contribution in [3.63, 3.8) is 0 Å². The fourth-order valence-corrected chi connectivity index (χ4v) is 1.45. The summed E-state index contributed by atoms with van der Waals surface area (Å²) in [5.41, 5.74) is 1.10. The van der Waals surface area contributed by atoms with Gasteiger partial charge in [0.05, 0.1) is 0 Å². The zero-order valence-electron chi connectivity index (χ0n) is 9.05. The number of benzene rings is 1. The van der Waals surface area contributed by atoms with Gasteiger partial charge in [0, 0.05) is 18.8 Å². The molecule has 0 aliphatic heterocycles. The van der Waals surface area contributed by atoms with Crippen LogP contribution in [-0.4, -0.2) is 30.5 Å². The van der Waals surface area contributed by atoms with E-state index in [2.05, 4.69) is 18.7 Å². The highest BCUT2D eigenvalue weighted by Crippen LogP contribution is 2.19. The Morgan fingerprint density at radius 1 is 1.13 bits per heavy atom. The summed E-state index contributed by atoms with van der Waals surface area (Å²) in [6, 6.07) is 7.22. The highest BCUT2D eigenvalue weighted by atomic mass is 16.6. The molecule has 0 aromatic heterocycles. The van der Waals surface area contributed by atoms with Gasteiger partial charge in [-0.1, -0.05) is 0 Å². The fraction of sp³-hybridized carbons (Fsp3) is 0.400. The second-order valence-electron chi connectivity index (χ2n) is 3.11. The molecule has 4 nitrogen and oxygen atoms in total. The lowest BCUT2D eigenvalue weighted by atomic mass is 10.2. The van der Waals surface area contributed by atoms with Crippen molar-refractivity contribution in [1.29, 1.82) is 0 Å². The van der Waals surface area contributed by atoms with Gasteiger partial charge >= 0.3 is 7.32 Å². The van der Waals surface area contributed by atoms with Crippen molar-refractivity contribution in [1.82, 2.24) is 0 Å². The Balaban J connectivity index is 2.71. The molecule has 0 radical (unpaired) electrons. The van der Waals surface area contributed by atoms with Crippen LogP contribution in [0.15, 0.2) is 24.3 Å². The number of rotatable bonds is 5. The SMILES string of the molecule is CCN(CC)c1ccc(OB(O)O)cc1. The molecule has 1 aromatic rings. The number of nitrogens with zero attached hydrogens (tertiary/aromatic N) is 1. The summed E-state index contributed by atoms with van der Waals surface area (Å²) in [6.45, 7) is 6.06. The second-order valence-corrected chi connectivity index (χ2v) is 3.11. The molecule has 5 heteroatoms. The first-order valence-electron chi connectivity index (χ1n) is 5.05. The molecule has 0 aliphatic carbocycles.